The molecule has 0 unspecified atom stereocenters. The van der Waals surface area contributed by atoms with Crippen LogP contribution in [-0.2, 0) is 18.0 Å². The van der Waals surface area contributed by atoms with Crippen LogP contribution in [0.1, 0.15) is 22.3 Å². The van der Waals surface area contributed by atoms with Crippen LogP contribution in [0, 0.1) is 18.3 Å². The normalized spacial score (nSPS) is 11.0. The lowest BCUT2D eigenvalue weighted by Gasteiger charge is -2.10. The Balaban J connectivity index is 1.35. The second-order valence-electron chi connectivity index (χ2n) is 8.65. The van der Waals surface area contributed by atoms with E-state index in [1.54, 1.807) is 54.6 Å². The Morgan fingerprint density at radius 3 is 2.26 bits per heavy atom. The van der Waals surface area contributed by atoms with Crippen LogP contribution in [0.2, 0.25) is 10.0 Å². The Morgan fingerprint density at radius 1 is 0.897 bits per heavy atom. The Morgan fingerprint density at radius 2 is 1.59 bits per heavy atom. The van der Waals surface area contributed by atoms with Crippen molar-refractivity contribution < 1.29 is 14.3 Å². The van der Waals surface area contributed by atoms with Gasteiger partial charge in [0.05, 0.1) is 14.5 Å². The summed E-state index contributed by atoms with van der Waals surface area (Å²) in [6.45, 7) is 2.78. The van der Waals surface area contributed by atoms with Gasteiger partial charge in [-0.1, -0.05) is 65.2 Å². The van der Waals surface area contributed by atoms with Crippen LogP contribution in [0.25, 0.3) is 6.08 Å². The van der Waals surface area contributed by atoms with Gasteiger partial charge in [0.2, 0.25) is 0 Å². The number of aryl methyl sites for hydroxylation is 1. The van der Waals surface area contributed by atoms with E-state index in [-0.39, 0.29) is 5.57 Å². The minimum absolute atomic E-state index is 0.0360. The molecule has 0 heterocycles. The predicted octanol–water partition coefficient (Wildman–Crippen LogP) is 8.77. The largest absolute Gasteiger partial charge is 0.489 e. The molecule has 0 saturated heterocycles. The van der Waals surface area contributed by atoms with E-state index < -0.39 is 5.91 Å². The average Bonchev–Trinajstić information content (AvgIpc) is 2.93. The van der Waals surface area contributed by atoms with Crippen molar-refractivity contribution >= 4 is 56.8 Å². The lowest BCUT2D eigenvalue weighted by Crippen LogP contribution is -2.13. The maximum absolute atomic E-state index is 12.7. The topological polar surface area (TPSA) is 71.3 Å². The molecule has 4 rings (SSSR count). The van der Waals surface area contributed by atoms with E-state index in [9.17, 15) is 10.1 Å². The quantitative estimate of drug-likeness (QED) is 0.150. The van der Waals surface area contributed by atoms with Gasteiger partial charge in [0, 0.05) is 5.69 Å². The number of nitrogens with one attached hydrogen (secondary N) is 1. The number of rotatable bonds is 9. The standard InChI is InChI=1S/C31H23BrCl2N2O3/c1-20-2-4-21(5-3-20)18-38-26-10-8-25(9-11-26)36-31(37)24(17-35)14-22-7-13-30(27(32)15-22)39-19-23-6-12-28(33)29(34)16-23/h2-16H,18-19H2,1H3,(H,36,37)/b24-14+. The summed E-state index contributed by atoms with van der Waals surface area (Å²) < 4.78 is 12.3. The summed E-state index contributed by atoms with van der Waals surface area (Å²) in [4.78, 5) is 12.7. The highest BCUT2D eigenvalue weighted by molar-refractivity contribution is 9.10. The molecule has 0 spiro atoms. The minimum Gasteiger partial charge on any atom is -0.489 e. The first kappa shape index (κ1) is 28.3. The third-order valence-electron chi connectivity index (χ3n) is 5.65. The summed E-state index contributed by atoms with van der Waals surface area (Å²) >= 11 is 15.5. The number of carbonyl (C=O) groups excluding carboxylic acids is 1. The molecule has 0 atom stereocenters. The van der Waals surface area contributed by atoms with Crippen molar-refractivity contribution in [1.29, 1.82) is 5.26 Å². The van der Waals surface area contributed by atoms with Crippen molar-refractivity contribution in [3.05, 3.63) is 127 Å². The number of halogens is 3. The summed E-state index contributed by atoms with van der Waals surface area (Å²) in [6.07, 6.45) is 1.52. The fraction of sp³-hybridized carbons (Fsp3) is 0.0968. The van der Waals surface area contributed by atoms with Gasteiger partial charge < -0.3 is 14.8 Å². The number of anilines is 1. The van der Waals surface area contributed by atoms with E-state index in [0.717, 1.165) is 11.1 Å². The highest BCUT2D eigenvalue weighted by atomic mass is 79.9. The number of amides is 1. The number of nitriles is 1. The minimum atomic E-state index is -0.512. The Bertz CT molecular complexity index is 1550. The molecule has 5 nitrogen and oxygen atoms in total. The van der Waals surface area contributed by atoms with Gasteiger partial charge in [-0.25, -0.2) is 0 Å². The molecule has 1 N–H and O–H groups in total. The van der Waals surface area contributed by atoms with Gasteiger partial charge in [-0.15, -0.1) is 0 Å². The Kier molecular flexibility index (Phi) is 9.67. The van der Waals surface area contributed by atoms with Gasteiger partial charge in [0.1, 0.15) is 36.4 Å². The van der Waals surface area contributed by atoms with Crippen molar-refractivity contribution in [2.45, 2.75) is 20.1 Å². The monoisotopic (exact) mass is 620 g/mol. The van der Waals surface area contributed by atoms with Crippen LogP contribution in [0.15, 0.2) is 95.0 Å². The number of hydrogen-bond acceptors (Lipinski definition) is 4. The molecular weight excluding hydrogens is 599 g/mol. The molecule has 0 fully saturated rings. The zero-order chi connectivity index (χ0) is 27.8. The van der Waals surface area contributed by atoms with Gasteiger partial charge in [-0.3, -0.25) is 4.79 Å². The first-order valence-electron chi connectivity index (χ1n) is 11.9. The van der Waals surface area contributed by atoms with Crippen molar-refractivity contribution in [2.24, 2.45) is 0 Å². The SMILES string of the molecule is Cc1ccc(COc2ccc(NC(=O)/C(C#N)=C/c3ccc(OCc4ccc(Cl)c(Cl)c4)c(Br)c3)cc2)cc1. The molecule has 0 aromatic heterocycles. The van der Waals surface area contributed by atoms with Gasteiger partial charge in [-0.05, 0) is 94.2 Å². The van der Waals surface area contributed by atoms with E-state index >= 15 is 0 Å². The van der Waals surface area contributed by atoms with E-state index in [1.807, 2.05) is 43.3 Å². The maximum atomic E-state index is 12.7. The second kappa shape index (κ2) is 13.3. The van der Waals surface area contributed by atoms with Crippen LogP contribution in [-0.4, -0.2) is 5.91 Å². The molecule has 0 radical (unpaired) electrons. The number of carbonyl (C=O) groups is 1. The van der Waals surface area contributed by atoms with E-state index in [4.69, 9.17) is 32.7 Å². The van der Waals surface area contributed by atoms with Gasteiger partial charge in [0.25, 0.3) is 5.91 Å². The van der Waals surface area contributed by atoms with Crippen molar-refractivity contribution in [2.75, 3.05) is 5.32 Å². The molecule has 0 aliphatic rings. The molecule has 1 amide bonds. The zero-order valence-corrected chi connectivity index (χ0v) is 24.0. The number of ether oxygens (including phenoxy) is 2. The summed E-state index contributed by atoms with van der Waals surface area (Å²) in [5.41, 5.74) is 4.31. The first-order chi connectivity index (χ1) is 18.8. The summed E-state index contributed by atoms with van der Waals surface area (Å²) in [6, 6.07) is 27.7. The van der Waals surface area contributed by atoms with Gasteiger partial charge >= 0.3 is 0 Å². The first-order valence-corrected chi connectivity index (χ1v) is 13.4. The Labute approximate surface area is 245 Å². The molecular formula is C31H23BrCl2N2O3. The van der Waals surface area contributed by atoms with Crippen LogP contribution in [0.4, 0.5) is 5.69 Å². The number of hydrogen-bond donors (Lipinski definition) is 1. The lowest BCUT2D eigenvalue weighted by atomic mass is 10.1. The zero-order valence-electron chi connectivity index (χ0n) is 20.9. The van der Waals surface area contributed by atoms with Crippen molar-refractivity contribution in [3.63, 3.8) is 0 Å². The molecule has 0 aliphatic carbocycles. The highest BCUT2D eigenvalue weighted by Gasteiger charge is 2.11. The van der Waals surface area contributed by atoms with Crippen LogP contribution in [0.3, 0.4) is 0 Å². The third kappa shape index (κ3) is 8.11. The van der Waals surface area contributed by atoms with Crippen molar-refractivity contribution in [3.8, 4) is 17.6 Å². The van der Waals surface area contributed by atoms with Crippen LogP contribution < -0.4 is 14.8 Å². The molecule has 196 valence electrons. The summed E-state index contributed by atoms with van der Waals surface area (Å²) in [5, 5.41) is 13.3. The molecule has 39 heavy (non-hydrogen) atoms. The van der Waals surface area contributed by atoms with Crippen LogP contribution in [0.5, 0.6) is 11.5 Å². The molecule has 0 saturated carbocycles. The van der Waals surface area contributed by atoms with Gasteiger partial charge in [0.15, 0.2) is 0 Å². The van der Waals surface area contributed by atoms with Crippen molar-refractivity contribution in [1.82, 2.24) is 0 Å². The van der Waals surface area contributed by atoms with E-state index in [0.29, 0.717) is 50.5 Å². The predicted molar refractivity (Wildman–Crippen MR) is 159 cm³/mol. The number of benzene rings is 4. The highest BCUT2D eigenvalue weighted by Crippen LogP contribution is 2.29. The summed E-state index contributed by atoms with van der Waals surface area (Å²) in [5.74, 6) is 0.767. The fourth-order valence-corrected chi connectivity index (χ4v) is 4.35. The molecule has 0 bridgehead atoms. The van der Waals surface area contributed by atoms with Crippen LogP contribution >= 0.6 is 39.1 Å². The molecule has 4 aromatic rings. The van der Waals surface area contributed by atoms with E-state index in [2.05, 4.69) is 21.2 Å². The lowest BCUT2D eigenvalue weighted by molar-refractivity contribution is -0.112. The maximum Gasteiger partial charge on any atom is 0.266 e. The second-order valence-corrected chi connectivity index (χ2v) is 10.3. The average molecular weight is 622 g/mol. The smallest absolute Gasteiger partial charge is 0.266 e. The Hall–Kier alpha value is -3.76. The fourth-order valence-electron chi connectivity index (χ4n) is 3.51. The molecule has 8 heteroatoms. The summed E-state index contributed by atoms with van der Waals surface area (Å²) in [7, 11) is 0. The molecule has 0 aliphatic heterocycles. The number of nitrogens with zero attached hydrogens (tertiary/aromatic N) is 1. The van der Waals surface area contributed by atoms with Gasteiger partial charge in [-0.2, -0.15) is 5.26 Å². The molecule has 4 aromatic carbocycles. The van der Waals surface area contributed by atoms with E-state index in [1.165, 1.54) is 11.6 Å². The third-order valence-corrected chi connectivity index (χ3v) is 7.01.